The molecule has 0 aromatic heterocycles. The second-order valence-electron chi connectivity index (χ2n) is 3.55. The Morgan fingerprint density at radius 3 is 3.00 bits per heavy atom. The minimum absolute atomic E-state index is 0.00412. The van der Waals surface area contributed by atoms with E-state index in [2.05, 4.69) is 10.5 Å². The second kappa shape index (κ2) is 5.15. The summed E-state index contributed by atoms with van der Waals surface area (Å²) in [5.74, 6) is -0.606. The lowest BCUT2D eigenvalue weighted by Crippen LogP contribution is -2.20. The van der Waals surface area contributed by atoms with E-state index in [-0.39, 0.29) is 17.9 Å². The number of nitrogens with zero attached hydrogens (tertiary/aromatic N) is 2. The number of hydrazone groups is 1. The Balaban J connectivity index is 2.44. The molecule has 0 bridgehead atoms. The van der Waals surface area contributed by atoms with Crippen LogP contribution in [-0.2, 0) is 9.53 Å². The molecule has 1 N–H and O–H groups in total. The fraction of sp³-hybridized carbons (Fsp3) is 0.154. The number of nitrogens with one attached hydrogen (secondary N) is 1. The zero-order valence-electron chi connectivity index (χ0n) is 9.80. The van der Waals surface area contributed by atoms with E-state index in [4.69, 9.17) is 10.00 Å². The molecule has 0 atom stereocenters. The van der Waals surface area contributed by atoms with Crippen molar-refractivity contribution < 1.29 is 9.53 Å². The number of esters is 1. The van der Waals surface area contributed by atoms with Gasteiger partial charge in [-0.2, -0.15) is 10.4 Å². The third-order valence-electron chi connectivity index (χ3n) is 2.39. The van der Waals surface area contributed by atoms with Gasteiger partial charge in [0.05, 0.1) is 17.9 Å². The summed E-state index contributed by atoms with van der Waals surface area (Å²) in [6.07, 6.45) is 1.62. The normalized spacial score (nSPS) is 13.1. The van der Waals surface area contributed by atoms with Gasteiger partial charge in [-0.1, -0.05) is 18.2 Å². The molecule has 1 aliphatic heterocycles. The van der Waals surface area contributed by atoms with Crippen LogP contribution in [0.4, 0.5) is 5.69 Å². The molecule has 0 amide bonds. The lowest BCUT2D eigenvalue weighted by molar-refractivity contribution is -0.134. The first-order valence-corrected chi connectivity index (χ1v) is 5.48. The average Bonchev–Trinajstić information content (AvgIpc) is 2.57. The van der Waals surface area contributed by atoms with Gasteiger partial charge in [-0.15, -0.1) is 0 Å². The predicted octanol–water partition coefficient (Wildman–Crippen LogP) is 1.94. The Hall–Kier alpha value is -2.61. The van der Waals surface area contributed by atoms with Crippen molar-refractivity contribution in [3.05, 3.63) is 35.4 Å². The third kappa shape index (κ3) is 2.23. The minimum Gasteiger partial charge on any atom is -0.461 e. The largest absolute Gasteiger partial charge is 0.461 e. The minimum atomic E-state index is -0.606. The Morgan fingerprint density at radius 1 is 1.50 bits per heavy atom. The molecule has 0 radical (unpaired) electrons. The number of nitriles is 1. The van der Waals surface area contributed by atoms with Gasteiger partial charge in [0.2, 0.25) is 0 Å². The van der Waals surface area contributed by atoms with Gasteiger partial charge < -0.3 is 4.74 Å². The summed E-state index contributed by atoms with van der Waals surface area (Å²) in [5.41, 5.74) is 4.49. The van der Waals surface area contributed by atoms with Gasteiger partial charge in [-0.25, -0.2) is 4.79 Å². The van der Waals surface area contributed by atoms with Gasteiger partial charge >= 0.3 is 5.97 Å². The van der Waals surface area contributed by atoms with Crippen molar-refractivity contribution in [3.63, 3.8) is 0 Å². The van der Waals surface area contributed by atoms with Crippen LogP contribution in [0.1, 0.15) is 12.5 Å². The van der Waals surface area contributed by atoms with Crippen LogP contribution in [0.2, 0.25) is 0 Å². The molecule has 1 aliphatic rings. The molecule has 2 rings (SSSR count). The number of carbonyl (C=O) groups is 1. The summed E-state index contributed by atoms with van der Waals surface area (Å²) in [6, 6.07) is 9.31. The number of benzene rings is 1. The highest BCUT2D eigenvalue weighted by Crippen LogP contribution is 2.22. The fourth-order valence-electron chi connectivity index (χ4n) is 1.57. The van der Waals surface area contributed by atoms with Gasteiger partial charge in [0.25, 0.3) is 0 Å². The molecule has 18 heavy (non-hydrogen) atoms. The number of carbonyl (C=O) groups excluding carboxylic acids is 1. The molecule has 0 saturated heterocycles. The number of para-hydroxylation sites is 1. The maximum atomic E-state index is 11.7. The van der Waals surface area contributed by atoms with Crippen molar-refractivity contribution in [2.24, 2.45) is 5.10 Å². The monoisotopic (exact) mass is 241 g/mol. The molecule has 0 spiro atoms. The number of hydrogen-bond acceptors (Lipinski definition) is 5. The fourth-order valence-corrected chi connectivity index (χ4v) is 1.57. The predicted molar refractivity (Wildman–Crippen MR) is 67.7 cm³/mol. The summed E-state index contributed by atoms with van der Waals surface area (Å²) < 4.78 is 4.87. The summed E-state index contributed by atoms with van der Waals surface area (Å²) in [6.45, 7) is 1.94. The quantitative estimate of drug-likeness (QED) is 0.803. The lowest BCUT2D eigenvalue weighted by atomic mass is 10.1. The van der Waals surface area contributed by atoms with Crippen LogP contribution in [0.5, 0.6) is 0 Å². The van der Waals surface area contributed by atoms with Crippen molar-refractivity contribution >= 4 is 23.4 Å². The first-order valence-electron chi connectivity index (χ1n) is 5.48. The second-order valence-corrected chi connectivity index (χ2v) is 3.55. The van der Waals surface area contributed by atoms with E-state index < -0.39 is 5.97 Å². The van der Waals surface area contributed by atoms with Gasteiger partial charge in [0, 0.05) is 5.56 Å². The van der Waals surface area contributed by atoms with Gasteiger partial charge in [-0.3, -0.25) is 5.43 Å². The Bertz CT molecular complexity index is 582. The van der Waals surface area contributed by atoms with Crippen molar-refractivity contribution in [1.82, 2.24) is 0 Å². The molecule has 1 aromatic rings. The summed E-state index contributed by atoms with van der Waals surface area (Å²) >= 11 is 0. The van der Waals surface area contributed by atoms with Crippen LogP contribution >= 0.6 is 0 Å². The first kappa shape index (κ1) is 11.9. The molecule has 5 nitrogen and oxygen atoms in total. The maximum Gasteiger partial charge on any atom is 0.360 e. The lowest BCUT2D eigenvalue weighted by Gasteiger charge is -2.03. The van der Waals surface area contributed by atoms with Gasteiger partial charge in [-0.05, 0) is 19.1 Å². The molecule has 0 saturated carbocycles. The van der Waals surface area contributed by atoms with Crippen LogP contribution < -0.4 is 5.43 Å². The molecular formula is C13H11N3O2. The molecule has 0 fully saturated rings. The molecule has 90 valence electrons. The Labute approximate surface area is 104 Å². The third-order valence-corrected chi connectivity index (χ3v) is 2.39. The van der Waals surface area contributed by atoms with E-state index >= 15 is 0 Å². The summed E-state index contributed by atoms with van der Waals surface area (Å²) in [5, 5.41) is 13.0. The van der Waals surface area contributed by atoms with Gasteiger partial charge in [0.1, 0.15) is 6.07 Å². The van der Waals surface area contributed by atoms with Crippen molar-refractivity contribution in [1.29, 1.82) is 5.26 Å². The van der Waals surface area contributed by atoms with E-state index in [1.54, 1.807) is 13.0 Å². The van der Waals surface area contributed by atoms with E-state index in [0.717, 1.165) is 11.3 Å². The van der Waals surface area contributed by atoms with Crippen LogP contribution in [0.25, 0.3) is 6.08 Å². The zero-order valence-corrected chi connectivity index (χ0v) is 9.80. The first-order chi connectivity index (χ1) is 8.76. The highest BCUT2D eigenvalue weighted by atomic mass is 16.5. The van der Waals surface area contributed by atoms with E-state index in [9.17, 15) is 4.79 Å². The number of hydrogen-bond donors (Lipinski definition) is 1. The van der Waals surface area contributed by atoms with Crippen molar-refractivity contribution in [3.8, 4) is 6.07 Å². The van der Waals surface area contributed by atoms with Gasteiger partial charge in [0.15, 0.2) is 5.71 Å². The summed E-state index contributed by atoms with van der Waals surface area (Å²) in [4.78, 5) is 11.7. The topological polar surface area (TPSA) is 74.5 Å². The molecule has 0 aliphatic carbocycles. The number of anilines is 1. The van der Waals surface area contributed by atoms with Crippen LogP contribution in [0.3, 0.4) is 0 Å². The summed E-state index contributed by atoms with van der Waals surface area (Å²) in [7, 11) is 0. The van der Waals surface area contributed by atoms with E-state index in [0.29, 0.717) is 0 Å². The molecule has 0 unspecified atom stereocenters. The number of rotatable bonds is 2. The molecular weight excluding hydrogens is 230 g/mol. The SMILES string of the molecule is CCOC(=O)C1=NNc2ccccc2C=C1C#N. The zero-order chi connectivity index (χ0) is 13.0. The molecule has 1 heterocycles. The Morgan fingerprint density at radius 2 is 2.28 bits per heavy atom. The van der Waals surface area contributed by atoms with Crippen LogP contribution in [0, 0.1) is 11.3 Å². The van der Waals surface area contributed by atoms with Crippen molar-refractivity contribution in [2.45, 2.75) is 6.92 Å². The van der Waals surface area contributed by atoms with Crippen LogP contribution in [0.15, 0.2) is 34.9 Å². The standard InChI is InChI=1S/C13H11N3O2/c1-2-18-13(17)12-10(8-14)7-9-5-3-4-6-11(9)15-16-12/h3-7,15H,2H2,1H3. The Kier molecular flexibility index (Phi) is 3.39. The average molecular weight is 241 g/mol. The highest BCUT2D eigenvalue weighted by Gasteiger charge is 2.21. The molecule has 5 heteroatoms. The number of ether oxygens (including phenoxy) is 1. The van der Waals surface area contributed by atoms with E-state index in [1.807, 2.05) is 30.3 Å². The molecule has 1 aromatic carbocycles. The smallest absolute Gasteiger partial charge is 0.360 e. The van der Waals surface area contributed by atoms with Crippen molar-refractivity contribution in [2.75, 3.05) is 12.0 Å². The van der Waals surface area contributed by atoms with E-state index in [1.165, 1.54) is 0 Å². The maximum absolute atomic E-state index is 11.7. The van der Waals surface area contributed by atoms with Crippen LogP contribution in [-0.4, -0.2) is 18.3 Å². The number of fused-ring (bicyclic) bond motifs is 1. The highest BCUT2D eigenvalue weighted by molar-refractivity contribution is 6.45.